The van der Waals surface area contributed by atoms with Crippen molar-refractivity contribution in [2.24, 2.45) is 11.3 Å². The van der Waals surface area contributed by atoms with Gasteiger partial charge >= 0.3 is 5.97 Å². The summed E-state index contributed by atoms with van der Waals surface area (Å²) in [6.45, 7) is 2.25. The summed E-state index contributed by atoms with van der Waals surface area (Å²) in [7, 11) is 0. The van der Waals surface area contributed by atoms with Crippen LogP contribution in [0.4, 0.5) is 0 Å². The first-order chi connectivity index (χ1) is 10.1. The summed E-state index contributed by atoms with van der Waals surface area (Å²) in [5.41, 5.74) is 0.754. The van der Waals surface area contributed by atoms with Gasteiger partial charge in [-0.1, -0.05) is 37.3 Å². The fraction of sp³-hybridized carbons (Fsp3) is 0.500. The van der Waals surface area contributed by atoms with Crippen molar-refractivity contribution < 1.29 is 14.6 Å². The third kappa shape index (κ3) is 3.03. The summed E-state index contributed by atoms with van der Waals surface area (Å²) in [5, 5.41) is 9.81. The van der Waals surface area contributed by atoms with Crippen molar-refractivity contribution in [2.45, 2.75) is 44.8 Å². The number of benzene rings is 1. The van der Waals surface area contributed by atoms with E-state index in [9.17, 15) is 9.90 Å². The summed E-state index contributed by atoms with van der Waals surface area (Å²) >= 11 is 0. The highest BCUT2D eigenvalue weighted by Crippen LogP contribution is 2.47. The molecule has 0 spiro atoms. The van der Waals surface area contributed by atoms with E-state index < -0.39 is 0 Å². The van der Waals surface area contributed by atoms with E-state index >= 15 is 0 Å². The van der Waals surface area contributed by atoms with Gasteiger partial charge in [0.25, 0.3) is 0 Å². The van der Waals surface area contributed by atoms with Crippen molar-refractivity contribution in [3.05, 3.63) is 48.0 Å². The molecule has 4 atom stereocenters. The topological polar surface area (TPSA) is 46.5 Å². The van der Waals surface area contributed by atoms with Gasteiger partial charge < -0.3 is 9.84 Å². The Balaban J connectivity index is 1.64. The molecule has 1 unspecified atom stereocenters. The van der Waals surface area contributed by atoms with Crippen LogP contribution in [0, 0.1) is 11.3 Å². The summed E-state index contributed by atoms with van der Waals surface area (Å²) in [4.78, 5) is 12.1. The lowest BCUT2D eigenvalue weighted by Crippen LogP contribution is -2.40. The van der Waals surface area contributed by atoms with Crippen LogP contribution in [0.15, 0.2) is 42.5 Å². The fourth-order valence-corrected chi connectivity index (χ4v) is 3.57. The Labute approximate surface area is 125 Å². The molecule has 0 radical (unpaired) electrons. The minimum Gasteiger partial charge on any atom is -0.459 e. The number of allylic oxidation sites excluding steroid dienone is 1. The van der Waals surface area contributed by atoms with Gasteiger partial charge in [-0.3, -0.25) is 0 Å². The second-order valence-corrected chi connectivity index (χ2v) is 6.53. The number of hydrogen-bond acceptors (Lipinski definition) is 3. The van der Waals surface area contributed by atoms with E-state index in [0.29, 0.717) is 11.5 Å². The summed E-state index contributed by atoms with van der Waals surface area (Å²) in [6.07, 6.45) is 7.19. The maximum absolute atomic E-state index is 12.1. The quantitative estimate of drug-likeness (QED) is 0.670. The first-order valence-electron chi connectivity index (χ1n) is 7.70. The second-order valence-electron chi connectivity index (χ2n) is 6.53. The van der Waals surface area contributed by atoms with Crippen LogP contribution in [0.3, 0.4) is 0 Å². The molecule has 1 aromatic rings. The fourth-order valence-electron chi connectivity index (χ4n) is 3.57. The van der Waals surface area contributed by atoms with Crippen LogP contribution in [0.2, 0.25) is 0 Å². The van der Waals surface area contributed by atoms with Gasteiger partial charge in [0.15, 0.2) is 0 Å². The molecule has 0 amide bonds. The minimum absolute atomic E-state index is 0.0329. The molecule has 3 nitrogen and oxygen atoms in total. The van der Waals surface area contributed by atoms with Crippen molar-refractivity contribution in [3.8, 4) is 0 Å². The molecule has 0 aromatic heterocycles. The molecule has 3 rings (SSSR count). The zero-order valence-electron chi connectivity index (χ0n) is 12.4. The summed E-state index contributed by atoms with van der Waals surface area (Å²) in [6, 6.07) is 9.14. The Morgan fingerprint density at radius 3 is 2.81 bits per heavy atom. The molecule has 0 heterocycles. The number of hydrogen-bond donors (Lipinski definition) is 1. The van der Waals surface area contributed by atoms with Gasteiger partial charge in [0.05, 0.1) is 11.7 Å². The number of fused-ring (bicyclic) bond motifs is 1. The van der Waals surface area contributed by atoms with Crippen LogP contribution in [0.1, 0.15) is 43.0 Å². The van der Waals surface area contributed by atoms with Crippen LogP contribution < -0.4 is 0 Å². The van der Waals surface area contributed by atoms with Gasteiger partial charge in [0, 0.05) is 0 Å². The average molecular weight is 286 g/mol. The molecule has 0 bridgehead atoms. The van der Waals surface area contributed by atoms with E-state index in [1.807, 2.05) is 24.3 Å². The van der Waals surface area contributed by atoms with Crippen molar-refractivity contribution in [2.75, 3.05) is 0 Å². The normalized spacial score (nSPS) is 35.0. The van der Waals surface area contributed by atoms with Crippen molar-refractivity contribution in [1.82, 2.24) is 0 Å². The van der Waals surface area contributed by atoms with Gasteiger partial charge in [-0.05, 0) is 49.1 Å². The third-order valence-electron chi connectivity index (χ3n) is 4.99. The van der Waals surface area contributed by atoms with Crippen molar-refractivity contribution >= 4 is 5.97 Å². The Kier molecular flexibility index (Phi) is 3.85. The number of aliphatic hydroxyl groups is 1. The maximum Gasteiger partial charge on any atom is 0.338 e. The predicted octanol–water partition coefficient (Wildman–Crippen LogP) is 3.34. The van der Waals surface area contributed by atoms with Gasteiger partial charge in [-0.25, -0.2) is 4.79 Å². The number of aliphatic hydroxyl groups excluding tert-OH is 1. The highest BCUT2D eigenvalue weighted by atomic mass is 16.5. The zero-order chi connectivity index (χ0) is 14.9. The number of rotatable bonds is 2. The lowest BCUT2D eigenvalue weighted by Gasteiger charge is -2.45. The van der Waals surface area contributed by atoms with Crippen LogP contribution >= 0.6 is 0 Å². The van der Waals surface area contributed by atoms with E-state index in [-0.39, 0.29) is 23.6 Å². The highest BCUT2D eigenvalue weighted by Gasteiger charge is 2.42. The Hall–Kier alpha value is -1.61. The van der Waals surface area contributed by atoms with Crippen LogP contribution in [-0.4, -0.2) is 23.3 Å². The minimum atomic E-state index is -0.355. The molecule has 0 aliphatic heterocycles. The molecule has 1 saturated carbocycles. The van der Waals surface area contributed by atoms with Crippen molar-refractivity contribution in [3.63, 3.8) is 0 Å². The SMILES string of the molecule is C[C@@]12C=C[C@H](O)CC1C[C@@H](OC(=O)c1ccccc1)CC2. The van der Waals surface area contributed by atoms with E-state index in [2.05, 4.69) is 13.0 Å². The number of ether oxygens (including phenoxy) is 1. The summed E-state index contributed by atoms with van der Waals surface area (Å²) < 4.78 is 5.66. The average Bonchev–Trinajstić information content (AvgIpc) is 2.49. The first kappa shape index (κ1) is 14.3. The smallest absolute Gasteiger partial charge is 0.338 e. The third-order valence-corrected chi connectivity index (χ3v) is 4.99. The van der Waals surface area contributed by atoms with Crippen LogP contribution in [0.5, 0.6) is 0 Å². The van der Waals surface area contributed by atoms with E-state index in [0.717, 1.165) is 25.7 Å². The van der Waals surface area contributed by atoms with Gasteiger partial charge in [-0.15, -0.1) is 0 Å². The molecule has 1 aromatic carbocycles. The second kappa shape index (κ2) is 5.64. The number of esters is 1. The largest absolute Gasteiger partial charge is 0.459 e. The Morgan fingerprint density at radius 1 is 1.29 bits per heavy atom. The Morgan fingerprint density at radius 2 is 2.05 bits per heavy atom. The maximum atomic E-state index is 12.1. The van der Waals surface area contributed by atoms with Crippen LogP contribution in [0.25, 0.3) is 0 Å². The standard InChI is InChI=1S/C18H22O3/c1-18-9-7-15(19)11-14(18)12-16(8-10-18)21-17(20)13-5-3-2-4-6-13/h2-7,9,14-16,19H,8,10-12H2,1H3/t14?,15-,16-,18-/m0/s1. The molecule has 0 saturated heterocycles. The van der Waals surface area contributed by atoms with Gasteiger partial charge in [0.2, 0.25) is 0 Å². The summed E-state index contributed by atoms with van der Waals surface area (Å²) in [5.74, 6) is 0.149. The molecule has 1 N–H and O–H groups in total. The highest BCUT2D eigenvalue weighted by molar-refractivity contribution is 5.89. The lowest BCUT2D eigenvalue weighted by molar-refractivity contribution is -0.0153. The monoisotopic (exact) mass is 286 g/mol. The van der Waals surface area contributed by atoms with Crippen LogP contribution in [-0.2, 0) is 4.74 Å². The molecule has 21 heavy (non-hydrogen) atoms. The molecular formula is C18H22O3. The zero-order valence-corrected chi connectivity index (χ0v) is 12.4. The lowest BCUT2D eigenvalue weighted by atomic mass is 9.62. The van der Waals surface area contributed by atoms with E-state index in [1.165, 1.54) is 0 Å². The van der Waals surface area contributed by atoms with E-state index in [4.69, 9.17) is 4.74 Å². The molecule has 2 aliphatic carbocycles. The predicted molar refractivity (Wildman–Crippen MR) is 80.9 cm³/mol. The van der Waals surface area contributed by atoms with Gasteiger partial charge in [0.1, 0.15) is 6.10 Å². The molecule has 2 aliphatic rings. The Bertz CT molecular complexity index is 537. The number of carbonyl (C=O) groups is 1. The van der Waals surface area contributed by atoms with Gasteiger partial charge in [-0.2, -0.15) is 0 Å². The molecule has 3 heteroatoms. The first-order valence-corrected chi connectivity index (χ1v) is 7.70. The molecule has 1 fully saturated rings. The molecular weight excluding hydrogens is 264 g/mol. The molecule has 112 valence electrons. The van der Waals surface area contributed by atoms with Crippen molar-refractivity contribution in [1.29, 1.82) is 0 Å². The number of carbonyl (C=O) groups excluding carboxylic acids is 1. The van der Waals surface area contributed by atoms with E-state index in [1.54, 1.807) is 12.1 Å².